The Balaban J connectivity index is 2.35. The van der Waals surface area contributed by atoms with E-state index in [0.717, 1.165) is 0 Å². The zero-order chi connectivity index (χ0) is 10.5. The third-order valence-corrected chi connectivity index (χ3v) is 3.51. The summed E-state index contributed by atoms with van der Waals surface area (Å²) in [5.41, 5.74) is 10.5. The second-order valence-corrected chi connectivity index (χ2v) is 5.25. The molecule has 2 rings (SSSR count). The first-order valence-corrected chi connectivity index (χ1v) is 5.26. The Morgan fingerprint density at radius 1 is 1.07 bits per heavy atom. The molecule has 1 nitrogen and oxygen atoms in total. The second kappa shape index (κ2) is 2.83. The normalized spacial score (nSPS) is 28.9. The fourth-order valence-corrected chi connectivity index (χ4v) is 2.50. The summed E-state index contributed by atoms with van der Waals surface area (Å²) < 4.78 is 0. The van der Waals surface area contributed by atoms with E-state index in [1.165, 1.54) is 16.7 Å². The summed E-state index contributed by atoms with van der Waals surface area (Å²) in [6, 6.07) is 7.09. The van der Waals surface area contributed by atoms with E-state index in [1.54, 1.807) is 0 Å². The quantitative estimate of drug-likeness (QED) is 0.722. The van der Waals surface area contributed by atoms with E-state index in [0.29, 0.717) is 17.4 Å². The fraction of sp³-hybridized carbons (Fsp3) is 0.538. The largest absolute Gasteiger partial charge is 0.327 e. The first-order valence-electron chi connectivity index (χ1n) is 5.26. The number of nitrogens with two attached hydrogens (primary N) is 1. The Morgan fingerprint density at radius 3 is 1.86 bits per heavy atom. The first kappa shape index (κ1) is 9.72. The van der Waals surface area contributed by atoms with Crippen LogP contribution in [0.4, 0.5) is 0 Å². The van der Waals surface area contributed by atoms with Crippen LogP contribution in [0.25, 0.3) is 0 Å². The maximum Gasteiger partial charge on any atom is 0.0172 e. The maximum absolute atomic E-state index is 6.08. The van der Waals surface area contributed by atoms with Gasteiger partial charge in [-0.2, -0.15) is 0 Å². The average molecular weight is 189 g/mol. The topological polar surface area (TPSA) is 26.0 Å². The summed E-state index contributed by atoms with van der Waals surface area (Å²) in [4.78, 5) is 0. The lowest BCUT2D eigenvalue weighted by Crippen LogP contribution is -2.06. The molecule has 1 aliphatic rings. The predicted octanol–water partition coefficient (Wildman–Crippen LogP) is 2.75. The van der Waals surface area contributed by atoms with Gasteiger partial charge >= 0.3 is 0 Å². The molecule has 0 aromatic heterocycles. The lowest BCUT2D eigenvalue weighted by Gasteiger charge is -2.05. The van der Waals surface area contributed by atoms with Crippen molar-refractivity contribution in [3.05, 3.63) is 34.9 Å². The van der Waals surface area contributed by atoms with Crippen molar-refractivity contribution < 1.29 is 0 Å². The Bertz CT molecular complexity index is 345. The van der Waals surface area contributed by atoms with Crippen LogP contribution in [0.5, 0.6) is 0 Å². The van der Waals surface area contributed by atoms with Crippen LogP contribution in [0.15, 0.2) is 18.2 Å². The monoisotopic (exact) mass is 189 g/mol. The van der Waals surface area contributed by atoms with E-state index in [2.05, 4.69) is 45.9 Å². The highest BCUT2D eigenvalue weighted by molar-refractivity contribution is 5.38. The van der Waals surface area contributed by atoms with Gasteiger partial charge in [-0.1, -0.05) is 43.2 Å². The molecule has 1 aliphatic carbocycles. The summed E-state index contributed by atoms with van der Waals surface area (Å²) in [5, 5.41) is 0. The minimum absolute atomic E-state index is 0.292. The molecule has 76 valence electrons. The van der Waals surface area contributed by atoms with Crippen molar-refractivity contribution in [3.63, 3.8) is 0 Å². The minimum atomic E-state index is 0.292. The molecule has 1 heteroatoms. The zero-order valence-electron chi connectivity index (χ0n) is 9.46. The molecule has 0 unspecified atom stereocenters. The lowest BCUT2D eigenvalue weighted by atomic mass is 9.99. The molecule has 14 heavy (non-hydrogen) atoms. The van der Waals surface area contributed by atoms with Gasteiger partial charge < -0.3 is 5.73 Å². The molecular formula is C13H19N. The van der Waals surface area contributed by atoms with Crippen molar-refractivity contribution in [1.29, 1.82) is 0 Å². The van der Waals surface area contributed by atoms with Crippen LogP contribution in [0.3, 0.4) is 0 Å². The molecular weight excluding hydrogens is 170 g/mol. The molecule has 1 aromatic rings. The van der Waals surface area contributed by atoms with Gasteiger partial charge in [-0.3, -0.25) is 0 Å². The van der Waals surface area contributed by atoms with Crippen LogP contribution in [0.2, 0.25) is 0 Å². The van der Waals surface area contributed by atoms with Gasteiger partial charge in [0.05, 0.1) is 0 Å². The van der Waals surface area contributed by atoms with Crippen LogP contribution in [-0.4, -0.2) is 6.04 Å². The van der Waals surface area contributed by atoms with Gasteiger partial charge in [0.25, 0.3) is 0 Å². The van der Waals surface area contributed by atoms with Gasteiger partial charge in [0.2, 0.25) is 0 Å². The molecule has 0 heterocycles. The van der Waals surface area contributed by atoms with Gasteiger partial charge in [0, 0.05) is 12.0 Å². The van der Waals surface area contributed by atoms with Crippen LogP contribution < -0.4 is 5.73 Å². The molecule has 0 aliphatic heterocycles. The van der Waals surface area contributed by atoms with E-state index >= 15 is 0 Å². The summed E-state index contributed by atoms with van der Waals surface area (Å²) >= 11 is 0. The van der Waals surface area contributed by atoms with Gasteiger partial charge in [-0.15, -0.1) is 0 Å². The van der Waals surface area contributed by atoms with Gasteiger partial charge in [-0.05, 0) is 24.8 Å². The molecule has 0 saturated heterocycles. The molecule has 0 radical (unpaired) electrons. The predicted molar refractivity (Wildman–Crippen MR) is 60.4 cm³/mol. The van der Waals surface area contributed by atoms with Crippen LogP contribution in [0.1, 0.15) is 36.5 Å². The third kappa shape index (κ3) is 1.36. The van der Waals surface area contributed by atoms with E-state index in [9.17, 15) is 0 Å². The molecule has 2 atom stereocenters. The Kier molecular flexibility index (Phi) is 1.97. The number of hydrogen-bond donors (Lipinski definition) is 1. The highest BCUT2D eigenvalue weighted by atomic mass is 14.8. The second-order valence-electron chi connectivity index (χ2n) is 5.25. The molecule has 2 N–H and O–H groups in total. The first-order chi connectivity index (χ1) is 6.43. The highest BCUT2D eigenvalue weighted by Crippen LogP contribution is 2.57. The van der Waals surface area contributed by atoms with E-state index in [-0.39, 0.29) is 0 Å². The summed E-state index contributed by atoms with van der Waals surface area (Å²) in [7, 11) is 0. The van der Waals surface area contributed by atoms with Crippen molar-refractivity contribution in [2.24, 2.45) is 11.1 Å². The SMILES string of the molecule is Cc1cc(C)cc([C@@H]2[C@@H](N)C2(C)C)c1. The summed E-state index contributed by atoms with van der Waals surface area (Å²) in [5.74, 6) is 0.557. The summed E-state index contributed by atoms with van der Waals surface area (Å²) in [6.07, 6.45) is 0. The van der Waals surface area contributed by atoms with Crippen molar-refractivity contribution >= 4 is 0 Å². The molecule has 0 amide bonds. The van der Waals surface area contributed by atoms with Crippen molar-refractivity contribution in [1.82, 2.24) is 0 Å². The molecule has 1 saturated carbocycles. The number of benzene rings is 1. The number of hydrogen-bond acceptors (Lipinski definition) is 1. The van der Waals surface area contributed by atoms with Gasteiger partial charge in [0.1, 0.15) is 0 Å². The van der Waals surface area contributed by atoms with Crippen LogP contribution in [0, 0.1) is 19.3 Å². The molecule has 0 spiro atoms. The highest BCUT2D eigenvalue weighted by Gasteiger charge is 2.56. The smallest absolute Gasteiger partial charge is 0.0172 e. The fourth-order valence-electron chi connectivity index (χ4n) is 2.50. The van der Waals surface area contributed by atoms with Crippen molar-refractivity contribution in [2.45, 2.75) is 39.7 Å². The third-order valence-electron chi connectivity index (χ3n) is 3.51. The van der Waals surface area contributed by atoms with E-state index in [4.69, 9.17) is 5.73 Å². The standard InChI is InChI=1S/C13H19N/c1-8-5-9(2)7-10(6-8)11-12(14)13(11,3)4/h5-7,11-12H,14H2,1-4H3/t11-,12-/m1/s1. The molecule has 1 aromatic carbocycles. The number of rotatable bonds is 1. The van der Waals surface area contributed by atoms with Crippen LogP contribution >= 0.6 is 0 Å². The van der Waals surface area contributed by atoms with E-state index in [1.807, 2.05) is 0 Å². The van der Waals surface area contributed by atoms with Crippen molar-refractivity contribution in [3.8, 4) is 0 Å². The van der Waals surface area contributed by atoms with E-state index < -0.39 is 0 Å². The molecule has 0 bridgehead atoms. The number of aryl methyl sites for hydroxylation is 2. The average Bonchev–Trinajstić information content (AvgIpc) is 2.48. The Hall–Kier alpha value is -0.820. The minimum Gasteiger partial charge on any atom is -0.327 e. The van der Waals surface area contributed by atoms with Crippen molar-refractivity contribution in [2.75, 3.05) is 0 Å². The summed E-state index contributed by atoms with van der Waals surface area (Å²) in [6.45, 7) is 8.80. The van der Waals surface area contributed by atoms with Crippen LogP contribution in [-0.2, 0) is 0 Å². The lowest BCUT2D eigenvalue weighted by molar-refractivity contribution is 0.599. The zero-order valence-corrected chi connectivity index (χ0v) is 9.46. The Morgan fingerprint density at radius 2 is 1.50 bits per heavy atom. The Labute approximate surface area is 86.3 Å². The van der Waals surface area contributed by atoms with Gasteiger partial charge in [-0.25, -0.2) is 0 Å². The molecule has 1 fully saturated rings. The van der Waals surface area contributed by atoms with Gasteiger partial charge in [0.15, 0.2) is 0 Å². The maximum atomic E-state index is 6.08.